The number of halogens is 2. The normalized spacial score (nSPS) is 12.2. The fraction of sp³-hybridized carbons (Fsp3) is 0.391. The number of sulfonamides is 1. The maximum atomic E-state index is 13.5. The van der Waals surface area contributed by atoms with Crippen LogP contribution < -0.4 is 14.4 Å². The molecule has 0 spiro atoms. The fourth-order valence-electron chi connectivity index (χ4n) is 3.21. The maximum absolute atomic E-state index is 13.5. The smallest absolute Gasteiger partial charge is 0.244 e. The maximum Gasteiger partial charge on any atom is 0.244 e. The molecule has 2 rings (SSSR count). The van der Waals surface area contributed by atoms with Gasteiger partial charge in [-0.15, -0.1) is 0 Å². The highest BCUT2D eigenvalue weighted by atomic mass is 35.5. The molecule has 0 bridgehead atoms. The molecule has 0 aliphatic carbocycles. The molecule has 0 saturated heterocycles. The number of carbonyl (C=O) groups excluding carboxylic acids is 2. The number of hydrogen-bond acceptors (Lipinski definition) is 5. The first-order valence-corrected chi connectivity index (χ1v) is 13.1. The SMILES string of the molecule is COc1cccc(CN(C(=O)CN(c2ccc(Cl)c(Cl)c2)S(C)(=O)=O)[C@@H](C)C(=O)NC(C)C)c1. The topological polar surface area (TPSA) is 96.0 Å². The molecule has 0 unspecified atom stereocenters. The third-order valence-corrected chi connectivity index (χ3v) is 6.84. The molecular formula is C23H29Cl2N3O5S. The van der Waals surface area contributed by atoms with Crippen LogP contribution in [0.2, 0.25) is 10.0 Å². The summed E-state index contributed by atoms with van der Waals surface area (Å²) in [7, 11) is -2.33. The molecule has 0 radical (unpaired) electrons. The van der Waals surface area contributed by atoms with Crippen molar-refractivity contribution in [3.8, 4) is 5.75 Å². The average molecular weight is 530 g/mol. The number of rotatable bonds is 10. The molecule has 0 aromatic heterocycles. The van der Waals surface area contributed by atoms with Crippen LogP contribution in [0.3, 0.4) is 0 Å². The zero-order chi connectivity index (χ0) is 25.6. The van der Waals surface area contributed by atoms with Crippen LogP contribution in [0, 0.1) is 0 Å². The van der Waals surface area contributed by atoms with Gasteiger partial charge in [-0.1, -0.05) is 35.3 Å². The average Bonchev–Trinajstić information content (AvgIpc) is 2.76. The van der Waals surface area contributed by atoms with Crippen molar-refractivity contribution >= 4 is 50.7 Å². The molecule has 34 heavy (non-hydrogen) atoms. The van der Waals surface area contributed by atoms with Crippen LogP contribution in [-0.2, 0) is 26.2 Å². The first-order valence-electron chi connectivity index (χ1n) is 10.5. The Kier molecular flexibility index (Phi) is 9.61. The van der Waals surface area contributed by atoms with Crippen LogP contribution in [0.1, 0.15) is 26.3 Å². The Bertz CT molecular complexity index is 1140. The van der Waals surface area contributed by atoms with Gasteiger partial charge in [0.25, 0.3) is 0 Å². The van der Waals surface area contributed by atoms with Crippen LogP contribution in [0.15, 0.2) is 42.5 Å². The van der Waals surface area contributed by atoms with E-state index in [0.717, 1.165) is 16.1 Å². The predicted molar refractivity (Wildman–Crippen MR) is 135 cm³/mol. The van der Waals surface area contributed by atoms with Gasteiger partial charge in [0.1, 0.15) is 18.3 Å². The summed E-state index contributed by atoms with van der Waals surface area (Å²) in [4.78, 5) is 27.6. The van der Waals surface area contributed by atoms with E-state index in [1.807, 2.05) is 13.8 Å². The Morgan fingerprint density at radius 1 is 1.06 bits per heavy atom. The standard InChI is InChI=1S/C23H29Cl2N3O5S/c1-15(2)26-23(30)16(3)27(13-17-7-6-8-19(11-17)33-4)22(29)14-28(34(5,31)32)18-9-10-20(24)21(25)12-18/h6-12,15-16H,13-14H2,1-5H3,(H,26,30)/t16-/m0/s1. The fourth-order valence-corrected chi connectivity index (χ4v) is 4.34. The molecule has 2 aromatic rings. The molecule has 11 heteroatoms. The molecular weight excluding hydrogens is 501 g/mol. The van der Waals surface area contributed by atoms with E-state index >= 15 is 0 Å². The number of hydrogen-bond donors (Lipinski definition) is 1. The summed E-state index contributed by atoms with van der Waals surface area (Å²) in [5.74, 6) is -0.324. The van der Waals surface area contributed by atoms with Gasteiger partial charge in [-0.3, -0.25) is 13.9 Å². The number of methoxy groups -OCH3 is 1. The van der Waals surface area contributed by atoms with Gasteiger partial charge < -0.3 is 15.0 Å². The lowest BCUT2D eigenvalue weighted by Crippen LogP contribution is -2.52. The minimum atomic E-state index is -3.86. The lowest BCUT2D eigenvalue weighted by Gasteiger charge is -2.32. The molecule has 2 amide bonds. The molecule has 1 N–H and O–H groups in total. The third kappa shape index (κ3) is 7.51. The number of nitrogens with one attached hydrogen (secondary N) is 1. The van der Waals surface area contributed by atoms with Crippen molar-refractivity contribution in [2.45, 2.75) is 39.4 Å². The highest BCUT2D eigenvalue weighted by Crippen LogP contribution is 2.28. The van der Waals surface area contributed by atoms with E-state index in [4.69, 9.17) is 27.9 Å². The third-order valence-electron chi connectivity index (χ3n) is 4.96. The van der Waals surface area contributed by atoms with E-state index in [1.54, 1.807) is 31.2 Å². The molecule has 1 atom stereocenters. The molecule has 0 fully saturated rings. The van der Waals surface area contributed by atoms with E-state index in [0.29, 0.717) is 5.75 Å². The molecule has 2 aromatic carbocycles. The second kappa shape index (κ2) is 11.8. The van der Waals surface area contributed by atoms with E-state index in [9.17, 15) is 18.0 Å². The van der Waals surface area contributed by atoms with Gasteiger partial charge in [0.05, 0.1) is 29.1 Å². The first-order chi connectivity index (χ1) is 15.8. The van der Waals surface area contributed by atoms with Crippen LogP contribution in [0.4, 0.5) is 5.69 Å². The minimum absolute atomic E-state index is 0.0711. The summed E-state index contributed by atoms with van der Waals surface area (Å²) < 4.78 is 31.3. The zero-order valence-electron chi connectivity index (χ0n) is 19.7. The molecule has 186 valence electrons. The predicted octanol–water partition coefficient (Wildman–Crippen LogP) is 3.71. The van der Waals surface area contributed by atoms with Gasteiger partial charge in [0.2, 0.25) is 21.8 Å². The van der Waals surface area contributed by atoms with Crippen molar-refractivity contribution in [3.63, 3.8) is 0 Å². The van der Waals surface area contributed by atoms with Gasteiger partial charge >= 0.3 is 0 Å². The summed E-state index contributed by atoms with van der Waals surface area (Å²) in [6.45, 7) is 4.77. The molecule has 0 aliphatic heterocycles. The molecule has 8 nitrogen and oxygen atoms in total. The second-order valence-electron chi connectivity index (χ2n) is 8.08. The lowest BCUT2D eigenvalue weighted by atomic mass is 10.1. The van der Waals surface area contributed by atoms with E-state index in [1.165, 1.54) is 30.2 Å². The van der Waals surface area contributed by atoms with Crippen molar-refractivity contribution in [2.75, 3.05) is 24.2 Å². The lowest BCUT2D eigenvalue weighted by molar-refractivity contribution is -0.139. The van der Waals surface area contributed by atoms with Crippen molar-refractivity contribution in [3.05, 3.63) is 58.1 Å². The summed E-state index contributed by atoms with van der Waals surface area (Å²) in [6.07, 6.45) is 0.990. The Morgan fingerprint density at radius 2 is 1.74 bits per heavy atom. The number of ether oxygens (including phenoxy) is 1. The van der Waals surface area contributed by atoms with Gasteiger partial charge in [-0.2, -0.15) is 0 Å². The van der Waals surface area contributed by atoms with Gasteiger partial charge in [0, 0.05) is 12.6 Å². The van der Waals surface area contributed by atoms with Crippen LogP contribution in [0.25, 0.3) is 0 Å². The minimum Gasteiger partial charge on any atom is -0.497 e. The molecule has 0 heterocycles. The number of amides is 2. The van der Waals surface area contributed by atoms with Gasteiger partial charge in [-0.25, -0.2) is 8.42 Å². The summed E-state index contributed by atoms with van der Waals surface area (Å²) in [6, 6.07) is 10.4. The molecule has 0 saturated carbocycles. The number of benzene rings is 2. The Labute approximate surface area is 210 Å². The van der Waals surface area contributed by atoms with Crippen molar-refractivity contribution in [1.82, 2.24) is 10.2 Å². The largest absolute Gasteiger partial charge is 0.497 e. The number of nitrogens with zero attached hydrogens (tertiary/aromatic N) is 2. The van der Waals surface area contributed by atoms with Crippen molar-refractivity contribution in [2.24, 2.45) is 0 Å². The van der Waals surface area contributed by atoms with Crippen LogP contribution in [-0.4, -0.2) is 57.1 Å². The zero-order valence-corrected chi connectivity index (χ0v) is 22.0. The molecule has 0 aliphatic rings. The monoisotopic (exact) mass is 529 g/mol. The highest BCUT2D eigenvalue weighted by Gasteiger charge is 2.30. The Morgan fingerprint density at radius 3 is 2.29 bits per heavy atom. The Hall–Kier alpha value is -2.49. The van der Waals surface area contributed by atoms with Crippen molar-refractivity contribution < 1.29 is 22.7 Å². The summed E-state index contributed by atoms with van der Waals surface area (Å²) in [5, 5.41) is 3.20. The first kappa shape index (κ1) is 27.8. The quantitative estimate of drug-likeness (QED) is 0.506. The van der Waals surface area contributed by atoms with Crippen molar-refractivity contribution in [1.29, 1.82) is 0 Å². The van der Waals surface area contributed by atoms with Crippen LogP contribution >= 0.6 is 23.2 Å². The number of anilines is 1. The van der Waals surface area contributed by atoms with Crippen LogP contribution in [0.5, 0.6) is 5.75 Å². The Balaban J connectivity index is 2.42. The van der Waals surface area contributed by atoms with Gasteiger partial charge in [-0.05, 0) is 56.7 Å². The van der Waals surface area contributed by atoms with Gasteiger partial charge in [0.15, 0.2) is 0 Å². The second-order valence-corrected chi connectivity index (χ2v) is 10.8. The number of carbonyl (C=O) groups is 2. The van der Waals surface area contributed by atoms with E-state index in [2.05, 4.69) is 5.32 Å². The summed E-state index contributed by atoms with van der Waals surface area (Å²) >= 11 is 12.0. The van der Waals surface area contributed by atoms with E-state index < -0.39 is 28.5 Å². The van der Waals surface area contributed by atoms with E-state index in [-0.39, 0.29) is 34.2 Å². The highest BCUT2D eigenvalue weighted by molar-refractivity contribution is 7.92. The summed E-state index contributed by atoms with van der Waals surface area (Å²) in [5.41, 5.74) is 0.906.